The van der Waals surface area contributed by atoms with Crippen molar-refractivity contribution in [1.82, 2.24) is 0 Å². The SMILES string of the molecule is CC(C)(C)[C@@H]1[C@H]2CC(=O)C(CO[SiH](c3ccccc3)c3ccccc3)[C@]2(Cc2ccc(-c3ccccc3)cc2)C[C@H]1OC1CCCCO1. The summed E-state index contributed by atoms with van der Waals surface area (Å²) < 4.78 is 20.2. The molecular weight excluding hydrogens is 609 g/mol. The highest BCUT2D eigenvalue weighted by Gasteiger charge is 2.65. The second-order valence-corrected chi connectivity index (χ2v) is 17.8. The van der Waals surface area contributed by atoms with Gasteiger partial charge in [0, 0.05) is 25.6 Å². The molecule has 1 saturated heterocycles. The molecule has 1 heterocycles. The molecule has 2 saturated carbocycles. The van der Waals surface area contributed by atoms with Crippen LogP contribution in [0.5, 0.6) is 0 Å². The van der Waals surface area contributed by atoms with Crippen LogP contribution in [0.3, 0.4) is 0 Å². The van der Waals surface area contributed by atoms with Gasteiger partial charge in [0.2, 0.25) is 9.04 Å². The Morgan fingerprint density at radius 2 is 1.40 bits per heavy atom. The Bertz CT molecular complexity index is 1590. The average molecular weight is 659 g/mol. The van der Waals surface area contributed by atoms with Crippen LogP contribution in [-0.2, 0) is 25.1 Å². The van der Waals surface area contributed by atoms with Gasteiger partial charge in [-0.25, -0.2) is 0 Å². The quantitative estimate of drug-likeness (QED) is 0.165. The van der Waals surface area contributed by atoms with E-state index in [2.05, 4.69) is 136 Å². The van der Waals surface area contributed by atoms with Gasteiger partial charge in [-0.1, -0.05) is 136 Å². The van der Waals surface area contributed by atoms with Gasteiger partial charge in [0.25, 0.3) is 0 Å². The molecule has 0 N–H and O–H groups in total. The molecule has 4 aromatic rings. The van der Waals surface area contributed by atoms with Crippen LogP contribution >= 0.6 is 0 Å². The van der Waals surface area contributed by atoms with E-state index in [0.717, 1.165) is 38.7 Å². The third kappa shape index (κ3) is 6.89. The number of carbonyl (C=O) groups is 1. The summed E-state index contributed by atoms with van der Waals surface area (Å²) in [6.07, 6.45) is 5.34. The zero-order chi connectivity index (χ0) is 33.1. The molecule has 0 aromatic heterocycles. The topological polar surface area (TPSA) is 44.8 Å². The number of Topliss-reactive ketones (excluding diaryl/α,β-unsaturated/α-hetero) is 1. The lowest BCUT2D eigenvalue weighted by Crippen LogP contribution is -2.47. The van der Waals surface area contributed by atoms with Crippen molar-refractivity contribution in [2.45, 2.75) is 71.7 Å². The molecule has 4 nitrogen and oxygen atoms in total. The minimum Gasteiger partial charge on any atom is -0.410 e. The Balaban J connectivity index is 1.24. The molecule has 7 rings (SSSR count). The van der Waals surface area contributed by atoms with Crippen molar-refractivity contribution in [3.8, 4) is 11.1 Å². The molecule has 48 heavy (non-hydrogen) atoms. The van der Waals surface area contributed by atoms with Gasteiger partial charge in [-0.05, 0) is 81.8 Å². The minimum absolute atomic E-state index is 0.0235. The van der Waals surface area contributed by atoms with Crippen LogP contribution in [0.1, 0.15) is 58.4 Å². The van der Waals surface area contributed by atoms with Crippen molar-refractivity contribution >= 4 is 25.2 Å². The second kappa shape index (κ2) is 14.2. The number of ketones is 1. The van der Waals surface area contributed by atoms with Crippen molar-refractivity contribution in [3.05, 3.63) is 121 Å². The third-order valence-corrected chi connectivity index (χ3v) is 13.9. The van der Waals surface area contributed by atoms with Gasteiger partial charge in [0.15, 0.2) is 6.29 Å². The molecule has 3 fully saturated rings. The second-order valence-electron chi connectivity index (χ2n) is 15.4. The van der Waals surface area contributed by atoms with Crippen LogP contribution in [0.15, 0.2) is 115 Å². The van der Waals surface area contributed by atoms with Crippen LogP contribution in [0.2, 0.25) is 0 Å². The Kier molecular flexibility index (Phi) is 9.84. The molecule has 1 aliphatic heterocycles. The van der Waals surface area contributed by atoms with Crippen LogP contribution in [0.4, 0.5) is 0 Å². The standard InChI is InChI=1S/C43H50O4Si/c1-42(2,3)41-36-27-38(44)37(30-46-48(34-17-9-5-10-18-34)35-19-11-6-12-20-35)43(36,29-39(41)47-40-21-13-14-26-45-40)28-31-22-24-33(25-23-31)32-15-7-4-8-16-32/h4-12,15-20,22-25,36-37,39-41,48H,13-14,21,26-30H2,1-3H3/t36-,37?,39-,40?,41-,43-/m1/s1. The van der Waals surface area contributed by atoms with Gasteiger partial charge in [-0.3, -0.25) is 4.79 Å². The predicted octanol–water partition coefficient (Wildman–Crippen LogP) is 7.62. The maximum Gasteiger partial charge on any atom is 0.239 e. The molecule has 3 aliphatic rings. The van der Waals surface area contributed by atoms with E-state index in [1.165, 1.54) is 27.1 Å². The Labute approximate surface area is 288 Å². The summed E-state index contributed by atoms with van der Waals surface area (Å²) in [7, 11) is -2.03. The van der Waals surface area contributed by atoms with E-state index >= 15 is 0 Å². The molecule has 6 atom stereocenters. The molecular formula is C43H50O4Si. The maximum atomic E-state index is 14.3. The zero-order valence-electron chi connectivity index (χ0n) is 28.7. The van der Waals surface area contributed by atoms with Crippen LogP contribution in [0.25, 0.3) is 11.1 Å². The van der Waals surface area contributed by atoms with E-state index in [9.17, 15) is 4.79 Å². The molecule has 2 unspecified atom stereocenters. The van der Waals surface area contributed by atoms with Crippen LogP contribution in [-0.4, -0.2) is 40.4 Å². The highest BCUT2D eigenvalue weighted by molar-refractivity contribution is 6.80. The fourth-order valence-corrected chi connectivity index (χ4v) is 11.5. The summed E-state index contributed by atoms with van der Waals surface area (Å²) >= 11 is 0. The summed E-state index contributed by atoms with van der Waals surface area (Å²) in [4.78, 5) is 14.3. The Hall–Kier alpha value is -3.35. The summed E-state index contributed by atoms with van der Waals surface area (Å²) in [5.41, 5.74) is 3.43. The van der Waals surface area contributed by atoms with Gasteiger partial charge < -0.3 is 13.9 Å². The van der Waals surface area contributed by atoms with Crippen LogP contribution in [0, 0.1) is 28.6 Å². The van der Waals surface area contributed by atoms with Crippen molar-refractivity contribution < 1.29 is 18.7 Å². The predicted molar refractivity (Wildman–Crippen MR) is 196 cm³/mol. The third-order valence-electron chi connectivity index (χ3n) is 11.4. The highest BCUT2D eigenvalue weighted by atomic mass is 28.3. The van der Waals surface area contributed by atoms with Gasteiger partial charge in [0.05, 0.1) is 6.10 Å². The Morgan fingerprint density at radius 3 is 1.98 bits per heavy atom. The summed E-state index contributed by atoms with van der Waals surface area (Å²) in [5, 5.41) is 2.48. The van der Waals surface area contributed by atoms with E-state index in [1.807, 2.05) is 0 Å². The number of fused-ring (bicyclic) bond motifs is 1. The van der Waals surface area contributed by atoms with Crippen molar-refractivity contribution in [2.24, 2.45) is 28.6 Å². The van der Waals surface area contributed by atoms with E-state index in [4.69, 9.17) is 13.9 Å². The fourth-order valence-electron chi connectivity index (χ4n) is 9.23. The maximum absolute atomic E-state index is 14.3. The number of ether oxygens (including phenoxy) is 2. The Morgan fingerprint density at radius 1 is 0.792 bits per heavy atom. The van der Waals surface area contributed by atoms with Crippen molar-refractivity contribution in [1.29, 1.82) is 0 Å². The fraction of sp³-hybridized carbons (Fsp3) is 0.419. The lowest BCUT2D eigenvalue weighted by atomic mass is 9.65. The van der Waals surface area contributed by atoms with E-state index in [1.54, 1.807) is 0 Å². The number of carbonyl (C=O) groups excluding carboxylic acids is 1. The molecule has 0 bridgehead atoms. The summed E-state index contributed by atoms with van der Waals surface area (Å²) in [5.74, 6) is 0.632. The largest absolute Gasteiger partial charge is 0.410 e. The smallest absolute Gasteiger partial charge is 0.239 e. The van der Waals surface area contributed by atoms with E-state index < -0.39 is 9.04 Å². The first-order valence-corrected chi connectivity index (χ1v) is 19.6. The van der Waals surface area contributed by atoms with E-state index in [0.29, 0.717) is 18.8 Å². The van der Waals surface area contributed by atoms with Crippen molar-refractivity contribution in [3.63, 3.8) is 0 Å². The molecule has 0 amide bonds. The number of benzene rings is 4. The normalized spacial score (nSPS) is 27.3. The zero-order valence-corrected chi connectivity index (χ0v) is 29.9. The number of rotatable bonds is 10. The van der Waals surface area contributed by atoms with Crippen LogP contribution < -0.4 is 10.4 Å². The van der Waals surface area contributed by atoms with Crippen molar-refractivity contribution in [2.75, 3.05) is 13.2 Å². The van der Waals surface area contributed by atoms with Gasteiger partial charge in [0.1, 0.15) is 5.78 Å². The molecule has 4 aromatic carbocycles. The molecule has 0 spiro atoms. The van der Waals surface area contributed by atoms with Gasteiger partial charge >= 0.3 is 0 Å². The summed E-state index contributed by atoms with van der Waals surface area (Å²) in [6, 6.07) is 40.9. The molecule has 2 aliphatic carbocycles. The minimum atomic E-state index is -2.03. The molecule has 5 heteroatoms. The van der Waals surface area contributed by atoms with E-state index in [-0.39, 0.29) is 41.0 Å². The lowest BCUT2D eigenvalue weighted by molar-refractivity contribution is -0.203. The lowest BCUT2D eigenvalue weighted by Gasteiger charge is -2.39. The monoisotopic (exact) mass is 658 g/mol. The molecule has 0 radical (unpaired) electrons. The summed E-state index contributed by atoms with van der Waals surface area (Å²) in [6.45, 7) is 8.22. The first-order chi connectivity index (χ1) is 23.3. The van der Waals surface area contributed by atoms with Gasteiger partial charge in [-0.2, -0.15) is 0 Å². The highest BCUT2D eigenvalue weighted by Crippen LogP contribution is 2.64. The number of hydrogen-bond donors (Lipinski definition) is 0. The first-order valence-electron chi connectivity index (χ1n) is 18.0. The van der Waals surface area contributed by atoms with Gasteiger partial charge in [-0.15, -0.1) is 0 Å². The number of hydrogen-bond acceptors (Lipinski definition) is 4. The average Bonchev–Trinajstić information content (AvgIpc) is 3.54. The molecule has 250 valence electrons. The first kappa shape index (κ1) is 33.2.